The Morgan fingerprint density at radius 2 is 1.72 bits per heavy atom. The molecule has 1 saturated heterocycles. The first-order valence-electron chi connectivity index (χ1n) is 11.0. The maximum Gasteiger partial charge on any atom is 0.258 e. The lowest BCUT2D eigenvalue weighted by molar-refractivity contribution is 0.221. The van der Waals surface area contributed by atoms with E-state index in [0.29, 0.717) is 23.2 Å². The Morgan fingerprint density at radius 1 is 0.906 bits per heavy atom. The van der Waals surface area contributed by atoms with E-state index in [1.807, 2.05) is 36.7 Å². The number of nitrogens with zero attached hydrogens (tertiary/aromatic N) is 5. The van der Waals surface area contributed by atoms with Crippen LogP contribution in [-0.4, -0.2) is 58.4 Å². The molecule has 2 aromatic heterocycles. The fourth-order valence-corrected chi connectivity index (χ4v) is 4.24. The normalized spacial score (nSPS) is 14.7. The zero-order valence-electron chi connectivity index (χ0n) is 18.5. The summed E-state index contributed by atoms with van der Waals surface area (Å²) in [5.74, 6) is 2.21. The summed E-state index contributed by atoms with van der Waals surface area (Å²) in [6, 6.07) is 11.6. The summed E-state index contributed by atoms with van der Waals surface area (Å²) < 4.78 is 18.4. The molecule has 4 aromatic rings. The number of hydrogen-bond acceptors (Lipinski definition) is 7. The van der Waals surface area contributed by atoms with Gasteiger partial charge in [-0.3, -0.25) is 0 Å². The van der Waals surface area contributed by atoms with Crippen molar-refractivity contribution in [1.29, 1.82) is 0 Å². The lowest BCUT2D eigenvalue weighted by Crippen LogP contribution is -2.32. The summed E-state index contributed by atoms with van der Waals surface area (Å²) in [7, 11) is 3.20. The van der Waals surface area contributed by atoms with Gasteiger partial charge in [-0.2, -0.15) is 4.98 Å². The molecule has 3 heterocycles. The van der Waals surface area contributed by atoms with Crippen LogP contribution < -0.4 is 9.47 Å². The molecule has 0 radical (unpaired) electrons. The van der Waals surface area contributed by atoms with Gasteiger partial charge in [0.25, 0.3) is 5.89 Å². The van der Waals surface area contributed by atoms with Gasteiger partial charge < -0.3 is 23.5 Å². The topological polar surface area (TPSA) is 78.4 Å². The molecular formula is C24H27N5O3. The number of rotatable bonds is 7. The van der Waals surface area contributed by atoms with Crippen molar-refractivity contribution < 1.29 is 14.0 Å². The molecule has 166 valence electrons. The van der Waals surface area contributed by atoms with E-state index in [1.54, 1.807) is 14.2 Å². The van der Waals surface area contributed by atoms with Gasteiger partial charge in [0, 0.05) is 24.2 Å². The highest BCUT2D eigenvalue weighted by Crippen LogP contribution is 2.32. The summed E-state index contributed by atoms with van der Waals surface area (Å²) >= 11 is 0. The third-order valence-electron chi connectivity index (χ3n) is 6.04. The van der Waals surface area contributed by atoms with Crippen LogP contribution in [0.4, 0.5) is 0 Å². The maximum atomic E-state index is 5.51. The molecule has 0 atom stereocenters. The molecule has 2 aromatic carbocycles. The third-order valence-corrected chi connectivity index (χ3v) is 6.04. The van der Waals surface area contributed by atoms with Crippen LogP contribution in [0, 0.1) is 0 Å². The highest BCUT2D eigenvalue weighted by Gasteiger charge is 2.15. The Bertz CT molecular complexity index is 1210. The first-order chi connectivity index (χ1) is 15.7. The Hall–Kier alpha value is -3.39. The maximum absolute atomic E-state index is 5.51. The van der Waals surface area contributed by atoms with Crippen LogP contribution in [-0.2, 0) is 6.54 Å². The van der Waals surface area contributed by atoms with E-state index < -0.39 is 0 Å². The van der Waals surface area contributed by atoms with Crippen molar-refractivity contribution in [3.63, 3.8) is 0 Å². The Kier molecular flexibility index (Phi) is 5.77. The van der Waals surface area contributed by atoms with Gasteiger partial charge in [-0.05, 0) is 62.3 Å². The van der Waals surface area contributed by atoms with Crippen LogP contribution in [0.1, 0.15) is 19.3 Å². The summed E-state index contributed by atoms with van der Waals surface area (Å²) in [5, 5.41) is 4.17. The fraction of sp³-hybridized carbons (Fsp3) is 0.375. The van der Waals surface area contributed by atoms with E-state index in [-0.39, 0.29) is 0 Å². The van der Waals surface area contributed by atoms with E-state index in [9.17, 15) is 0 Å². The van der Waals surface area contributed by atoms with Crippen LogP contribution in [0.25, 0.3) is 33.9 Å². The van der Waals surface area contributed by atoms with Gasteiger partial charge in [0.05, 0.1) is 31.6 Å². The molecule has 5 rings (SSSR count). The average molecular weight is 434 g/mol. The lowest BCUT2D eigenvalue weighted by Gasteiger charge is -2.26. The van der Waals surface area contributed by atoms with Crippen molar-refractivity contribution in [3.8, 4) is 34.3 Å². The number of imidazole rings is 1. The molecule has 1 fully saturated rings. The molecule has 0 spiro atoms. The summed E-state index contributed by atoms with van der Waals surface area (Å²) in [6.07, 6.45) is 5.90. The van der Waals surface area contributed by atoms with Gasteiger partial charge in [0.1, 0.15) is 0 Å². The molecule has 0 N–H and O–H groups in total. The quantitative estimate of drug-likeness (QED) is 0.431. The number of fused-ring (bicyclic) bond motifs is 1. The zero-order chi connectivity index (χ0) is 21.9. The first-order valence-corrected chi connectivity index (χ1v) is 11.0. The monoisotopic (exact) mass is 433 g/mol. The van der Waals surface area contributed by atoms with Crippen LogP contribution in [0.2, 0.25) is 0 Å². The molecule has 32 heavy (non-hydrogen) atoms. The minimum absolute atomic E-state index is 0.424. The SMILES string of the molecule is COc1ccc(-c2nc(-c3ccc4c(c3)ncn4CCN3CCCCC3)no2)cc1OC. The molecule has 1 aliphatic rings. The van der Waals surface area contributed by atoms with Crippen molar-refractivity contribution in [1.82, 2.24) is 24.6 Å². The summed E-state index contributed by atoms with van der Waals surface area (Å²) in [5.41, 5.74) is 3.69. The second-order valence-electron chi connectivity index (χ2n) is 8.04. The number of methoxy groups -OCH3 is 2. The standard InChI is InChI=1S/C24H27N5O3/c1-30-21-9-7-18(15-22(21)31-2)24-26-23(27-32-24)17-6-8-20-19(14-17)25-16-29(20)13-12-28-10-4-3-5-11-28/h6-9,14-16H,3-5,10-13H2,1-2H3. The first kappa shape index (κ1) is 20.5. The van der Waals surface area contributed by atoms with Crippen molar-refractivity contribution in [2.24, 2.45) is 0 Å². The predicted molar refractivity (Wildman–Crippen MR) is 122 cm³/mol. The Labute approximate surface area is 186 Å². The van der Waals surface area contributed by atoms with E-state index in [4.69, 9.17) is 14.0 Å². The largest absolute Gasteiger partial charge is 0.493 e. The molecule has 0 bridgehead atoms. The van der Waals surface area contributed by atoms with E-state index in [2.05, 4.69) is 30.7 Å². The minimum Gasteiger partial charge on any atom is -0.493 e. The smallest absolute Gasteiger partial charge is 0.258 e. The van der Waals surface area contributed by atoms with Crippen LogP contribution >= 0.6 is 0 Å². The van der Waals surface area contributed by atoms with Crippen LogP contribution in [0.15, 0.2) is 47.2 Å². The second-order valence-corrected chi connectivity index (χ2v) is 8.04. The molecule has 0 amide bonds. The van der Waals surface area contributed by atoms with Crippen molar-refractivity contribution >= 4 is 11.0 Å². The Morgan fingerprint density at radius 3 is 2.53 bits per heavy atom. The van der Waals surface area contributed by atoms with Crippen molar-refractivity contribution in [2.75, 3.05) is 33.9 Å². The van der Waals surface area contributed by atoms with Gasteiger partial charge in [-0.15, -0.1) is 0 Å². The molecule has 8 heteroatoms. The van der Waals surface area contributed by atoms with Gasteiger partial charge >= 0.3 is 0 Å². The molecule has 0 saturated carbocycles. The van der Waals surface area contributed by atoms with Gasteiger partial charge in [-0.1, -0.05) is 11.6 Å². The molecular weight excluding hydrogens is 406 g/mol. The van der Waals surface area contributed by atoms with Gasteiger partial charge in [0.2, 0.25) is 5.82 Å². The van der Waals surface area contributed by atoms with Crippen molar-refractivity contribution in [3.05, 3.63) is 42.7 Å². The second kappa shape index (κ2) is 9.00. The highest BCUT2D eigenvalue weighted by molar-refractivity contribution is 5.80. The summed E-state index contributed by atoms with van der Waals surface area (Å²) in [4.78, 5) is 11.7. The lowest BCUT2D eigenvalue weighted by atomic mass is 10.1. The summed E-state index contributed by atoms with van der Waals surface area (Å²) in [6.45, 7) is 4.42. The number of hydrogen-bond donors (Lipinski definition) is 0. The molecule has 0 unspecified atom stereocenters. The zero-order valence-corrected chi connectivity index (χ0v) is 18.5. The highest BCUT2D eigenvalue weighted by atomic mass is 16.5. The number of aromatic nitrogens is 4. The minimum atomic E-state index is 0.424. The Balaban J connectivity index is 1.35. The molecule has 1 aliphatic heterocycles. The van der Waals surface area contributed by atoms with E-state index >= 15 is 0 Å². The average Bonchev–Trinajstić information content (AvgIpc) is 3.50. The predicted octanol–water partition coefficient (Wildman–Crippen LogP) is 4.26. The van der Waals surface area contributed by atoms with E-state index in [1.165, 1.54) is 32.4 Å². The van der Waals surface area contributed by atoms with Crippen LogP contribution in [0.5, 0.6) is 11.5 Å². The van der Waals surface area contributed by atoms with Gasteiger partial charge in [0.15, 0.2) is 11.5 Å². The molecule has 8 nitrogen and oxygen atoms in total. The van der Waals surface area contributed by atoms with Gasteiger partial charge in [-0.25, -0.2) is 4.98 Å². The van der Waals surface area contributed by atoms with Crippen molar-refractivity contribution in [2.45, 2.75) is 25.8 Å². The fourth-order valence-electron chi connectivity index (χ4n) is 4.24. The number of likely N-dealkylation sites (tertiary alicyclic amines) is 1. The number of benzene rings is 2. The van der Waals surface area contributed by atoms with Crippen LogP contribution in [0.3, 0.4) is 0 Å². The molecule has 0 aliphatic carbocycles. The third kappa shape index (κ3) is 4.05. The number of ether oxygens (including phenoxy) is 2. The number of piperidine rings is 1. The van der Waals surface area contributed by atoms with E-state index in [0.717, 1.165) is 35.2 Å².